The molecule has 5 heteroatoms. The van der Waals surface area contributed by atoms with Crippen molar-refractivity contribution >= 4 is 15.7 Å². The molecule has 1 amide bonds. The average Bonchev–Trinajstić information content (AvgIpc) is 2.86. The van der Waals surface area contributed by atoms with Crippen LogP contribution in [0, 0.1) is 12.8 Å². The molecule has 24 heavy (non-hydrogen) atoms. The molecule has 1 aromatic carbocycles. The van der Waals surface area contributed by atoms with Gasteiger partial charge in [-0.2, -0.15) is 0 Å². The molecule has 2 atom stereocenters. The molecule has 1 aliphatic rings. The van der Waals surface area contributed by atoms with Crippen molar-refractivity contribution in [1.29, 1.82) is 0 Å². The van der Waals surface area contributed by atoms with Gasteiger partial charge < -0.3 is 4.90 Å². The Hall–Kier alpha value is -1.36. The van der Waals surface area contributed by atoms with Gasteiger partial charge in [-0.25, -0.2) is 8.42 Å². The fourth-order valence-corrected chi connectivity index (χ4v) is 5.25. The van der Waals surface area contributed by atoms with Crippen molar-refractivity contribution in [2.45, 2.75) is 52.5 Å². The van der Waals surface area contributed by atoms with E-state index in [1.54, 1.807) is 4.90 Å². The van der Waals surface area contributed by atoms with E-state index in [4.69, 9.17) is 0 Å². The van der Waals surface area contributed by atoms with Gasteiger partial charge in [0.25, 0.3) is 0 Å². The van der Waals surface area contributed by atoms with Crippen LogP contribution in [-0.4, -0.2) is 43.3 Å². The van der Waals surface area contributed by atoms with Crippen LogP contribution in [-0.2, 0) is 14.6 Å². The van der Waals surface area contributed by atoms with E-state index in [-0.39, 0.29) is 29.4 Å². The van der Waals surface area contributed by atoms with Gasteiger partial charge in [0.15, 0.2) is 9.84 Å². The third-order valence-electron chi connectivity index (χ3n) is 5.01. The van der Waals surface area contributed by atoms with E-state index in [1.807, 2.05) is 6.92 Å². The topological polar surface area (TPSA) is 54.5 Å². The lowest BCUT2D eigenvalue weighted by atomic mass is 9.85. The third kappa shape index (κ3) is 4.59. The summed E-state index contributed by atoms with van der Waals surface area (Å²) in [7, 11) is -2.98. The Morgan fingerprint density at radius 3 is 2.33 bits per heavy atom. The molecule has 1 heterocycles. The lowest BCUT2D eigenvalue weighted by Gasteiger charge is -2.30. The minimum Gasteiger partial charge on any atom is -0.339 e. The van der Waals surface area contributed by atoms with E-state index < -0.39 is 9.84 Å². The van der Waals surface area contributed by atoms with Gasteiger partial charge in [-0.1, -0.05) is 43.7 Å². The average molecular weight is 352 g/mol. The summed E-state index contributed by atoms with van der Waals surface area (Å²) in [6, 6.07) is 8.21. The molecule has 0 spiro atoms. The first kappa shape index (κ1) is 19.0. The summed E-state index contributed by atoms with van der Waals surface area (Å²) in [6.07, 6.45) is 1.00. The predicted octanol–water partition coefficient (Wildman–Crippen LogP) is 3.16. The van der Waals surface area contributed by atoms with E-state index in [2.05, 4.69) is 45.0 Å². The van der Waals surface area contributed by atoms with Gasteiger partial charge in [0.1, 0.15) is 0 Å². The highest BCUT2D eigenvalue weighted by Crippen LogP contribution is 2.30. The number of hydrogen-bond acceptors (Lipinski definition) is 3. The Morgan fingerprint density at radius 1 is 1.25 bits per heavy atom. The minimum atomic E-state index is -2.98. The quantitative estimate of drug-likeness (QED) is 0.791. The second-order valence-electron chi connectivity index (χ2n) is 7.20. The number of sulfone groups is 1. The zero-order valence-electron chi connectivity index (χ0n) is 15.2. The van der Waals surface area contributed by atoms with Crippen molar-refractivity contribution in [3.05, 3.63) is 35.4 Å². The molecule has 0 bridgehead atoms. The van der Waals surface area contributed by atoms with Crippen LogP contribution in [0.3, 0.4) is 0 Å². The number of benzene rings is 1. The molecule has 1 aromatic rings. The zero-order chi connectivity index (χ0) is 17.9. The van der Waals surface area contributed by atoms with Crippen molar-refractivity contribution in [2.24, 2.45) is 5.92 Å². The first-order valence-corrected chi connectivity index (χ1v) is 10.6. The maximum Gasteiger partial charge on any atom is 0.223 e. The Balaban J connectivity index is 2.13. The highest BCUT2D eigenvalue weighted by Gasteiger charge is 2.34. The molecule has 1 fully saturated rings. The normalized spacial score (nSPS) is 21.0. The second kappa shape index (κ2) is 7.68. The fourth-order valence-electron chi connectivity index (χ4n) is 3.52. The van der Waals surface area contributed by atoms with Crippen molar-refractivity contribution < 1.29 is 13.2 Å². The van der Waals surface area contributed by atoms with Crippen molar-refractivity contribution in [3.8, 4) is 0 Å². The standard InChI is InChI=1S/C19H29NO3S/c1-5-20(17-10-11-24(22,23)13-17)19(21)12-18(14(2)3)16-8-6-15(4)7-9-16/h6-9,14,17-18H,5,10-13H2,1-4H3. The monoisotopic (exact) mass is 351 g/mol. The number of aryl methyl sites for hydroxylation is 1. The zero-order valence-corrected chi connectivity index (χ0v) is 16.0. The molecule has 0 aromatic heterocycles. The van der Waals surface area contributed by atoms with Gasteiger partial charge in [0.2, 0.25) is 5.91 Å². The Morgan fingerprint density at radius 2 is 1.88 bits per heavy atom. The number of hydrogen-bond donors (Lipinski definition) is 0. The van der Waals surface area contributed by atoms with Crippen molar-refractivity contribution in [2.75, 3.05) is 18.1 Å². The first-order chi connectivity index (χ1) is 11.2. The highest BCUT2D eigenvalue weighted by atomic mass is 32.2. The van der Waals surface area contributed by atoms with E-state index >= 15 is 0 Å². The van der Waals surface area contributed by atoms with Gasteiger partial charge in [-0.3, -0.25) is 4.79 Å². The van der Waals surface area contributed by atoms with Crippen LogP contribution >= 0.6 is 0 Å². The predicted molar refractivity (Wildman–Crippen MR) is 97.8 cm³/mol. The third-order valence-corrected chi connectivity index (χ3v) is 6.77. The van der Waals surface area contributed by atoms with Crippen LogP contribution in [0.1, 0.15) is 50.7 Å². The molecule has 0 aliphatic carbocycles. The number of rotatable bonds is 6. The molecule has 0 saturated carbocycles. The summed E-state index contributed by atoms with van der Waals surface area (Å²) < 4.78 is 23.5. The summed E-state index contributed by atoms with van der Waals surface area (Å²) in [5.74, 6) is 0.892. The van der Waals surface area contributed by atoms with Gasteiger partial charge in [0, 0.05) is 19.0 Å². The lowest BCUT2D eigenvalue weighted by Crippen LogP contribution is -2.41. The fraction of sp³-hybridized carbons (Fsp3) is 0.632. The summed E-state index contributed by atoms with van der Waals surface area (Å²) in [5.41, 5.74) is 2.39. The Kier molecular flexibility index (Phi) is 6.07. The molecule has 2 unspecified atom stereocenters. The summed E-state index contributed by atoms with van der Waals surface area (Å²) in [6.45, 7) is 8.82. The van der Waals surface area contributed by atoms with E-state index in [0.717, 1.165) is 0 Å². The summed E-state index contributed by atoms with van der Waals surface area (Å²) in [5, 5.41) is 0. The Labute approximate surface area is 146 Å². The van der Waals surface area contributed by atoms with Gasteiger partial charge in [-0.05, 0) is 37.7 Å². The number of carbonyl (C=O) groups is 1. The van der Waals surface area contributed by atoms with Gasteiger partial charge >= 0.3 is 0 Å². The van der Waals surface area contributed by atoms with E-state index in [9.17, 15) is 13.2 Å². The van der Waals surface area contributed by atoms with Crippen molar-refractivity contribution in [3.63, 3.8) is 0 Å². The molecule has 134 valence electrons. The van der Waals surface area contributed by atoms with Crippen LogP contribution in [0.4, 0.5) is 0 Å². The summed E-state index contributed by atoms with van der Waals surface area (Å²) in [4.78, 5) is 14.6. The van der Waals surface area contributed by atoms with Crippen LogP contribution < -0.4 is 0 Å². The SMILES string of the molecule is CCN(C(=O)CC(c1ccc(C)cc1)C(C)C)C1CCS(=O)(=O)C1. The van der Waals surface area contributed by atoms with E-state index in [1.165, 1.54) is 11.1 Å². The number of amides is 1. The second-order valence-corrected chi connectivity index (χ2v) is 9.43. The van der Waals surface area contributed by atoms with Gasteiger partial charge in [-0.15, -0.1) is 0 Å². The molecule has 1 saturated heterocycles. The highest BCUT2D eigenvalue weighted by molar-refractivity contribution is 7.91. The van der Waals surface area contributed by atoms with Crippen LogP contribution in [0.15, 0.2) is 24.3 Å². The molecular formula is C19H29NO3S. The Bertz CT molecular complexity index is 664. The minimum absolute atomic E-state index is 0.0684. The largest absolute Gasteiger partial charge is 0.339 e. The van der Waals surface area contributed by atoms with Crippen LogP contribution in [0.5, 0.6) is 0 Å². The van der Waals surface area contributed by atoms with Gasteiger partial charge in [0.05, 0.1) is 11.5 Å². The maximum absolute atomic E-state index is 12.9. The van der Waals surface area contributed by atoms with E-state index in [0.29, 0.717) is 25.3 Å². The first-order valence-electron chi connectivity index (χ1n) is 8.80. The maximum atomic E-state index is 12.9. The lowest BCUT2D eigenvalue weighted by molar-refractivity contribution is -0.133. The smallest absolute Gasteiger partial charge is 0.223 e. The number of nitrogens with zero attached hydrogens (tertiary/aromatic N) is 1. The molecule has 4 nitrogen and oxygen atoms in total. The molecule has 2 rings (SSSR count). The molecule has 1 aliphatic heterocycles. The van der Waals surface area contributed by atoms with Crippen LogP contribution in [0.2, 0.25) is 0 Å². The molecular weight excluding hydrogens is 322 g/mol. The van der Waals surface area contributed by atoms with Crippen molar-refractivity contribution in [1.82, 2.24) is 4.90 Å². The molecule has 0 radical (unpaired) electrons. The summed E-state index contributed by atoms with van der Waals surface area (Å²) >= 11 is 0. The number of carbonyl (C=O) groups excluding carboxylic acids is 1. The molecule has 0 N–H and O–H groups in total. The van der Waals surface area contributed by atoms with Crippen LogP contribution in [0.25, 0.3) is 0 Å².